The Morgan fingerprint density at radius 3 is 2.62 bits per heavy atom. The monoisotopic (exact) mass is 323 g/mol. The van der Waals surface area contributed by atoms with Gasteiger partial charge in [0.2, 0.25) is 0 Å². The van der Waals surface area contributed by atoms with Gasteiger partial charge < -0.3 is 9.47 Å². The van der Waals surface area contributed by atoms with E-state index in [4.69, 9.17) is 0 Å². The number of amides is 1. The van der Waals surface area contributed by atoms with Crippen LogP contribution in [-0.2, 0) is 19.4 Å². The van der Waals surface area contributed by atoms with Crippen LogP contribution in [0.4, 0.5) is 0 Å². The highest BCUT2D eigenvalue weighted by Gasteiger charge is 2.26. The van der Waals surface area contributed by atoms with Crippen molar-refractivity contribution in [3.05, 3.63) is 53.6 Å². The Balaban J connectivity index is 1.35. The van der Waals surface area contributed by atoms with Gasteiger partial charge in [-0.25, -0.2) is 4.98 Å². The lowest BCUT2D eigenvalue weighted by molar-refractivity contribution is 0.0685. The van der Waals surface area contributed by atoms with Gasteiger partial charge in [-0.05, 0) is 43.6 Å². The van der Waals surface area contributed by atoms with Crippen LogP contribution in [0.15, 0.2) is 36.5 Å². The summed E-state index contributed by atoms with van der Waals surface area (Å²) in [7, 11) is 0. The molecule has 2 aliphatic heterocycles. The highest BCUT2D eigenvalue weighted by Crippen LogP contribution is 2.23. The molecule has 1 saturated heterocycles. The number of aromatic nitrogens is 2. The minimum Gasteiger partial charge on any atom is -0.337 e. The van der Waals surface area contributed by atoms with Crippen molar-refractivity contribution >= 4 is 5.91 Å². The molecule has 0 radical (unpaired) electrons. The summed E-state index contributed by atoms with van der Waals surface area (Å²) >= 11 is 0. The van der Waals surface area contributed by atoms with Crippen molar-refractivity contribution in [3.8, 4) is 0 Å². The number of carbonyl (C=O) groups is 1. The molecule has 126 valence electrons. The highest BCUT2D eigenvalue weighted by atomic mass is 16.2. The topological polar surface area (TPSA) is 38.1 Å². The molecule has 1 aromatic carbocycles. The van der Waals surface area contributed by atoms with E-state index in [1.165, 1.54) is 18.4 Å². The third-order valence-electron chi connectivity index (χ3n) is 5.40. The highest BCUT2D eigenvalue weighted by molar-refractivity contribution is 5.92. The van der Waals surface area contributed by atoms with Crippen LogP contribution in [0.25, 0.3) is 0 Å². The number of hydrogen-bond acceptors (Lipinski definition) is 2. The number of rotatable bonds is 3. The zero-order valence-corrected chi connectivity index (χ0v) is 14.2. The van der Waals surface area contributed by atoms with Crippen LogP contribution in [0.1, 0.15) is 47.6 Å². The lowest BCUT2D eigenvalue weighted by Gasteiger charge is -2.31. The predicted molar refractivity (Wildman–Crippen MR) is 93.9 cm³/mol. The molecular weight excluding hydrogens is 298 g/mol. The van der Waals surface area contributed by atoms with Gasteiger partial charge >= 0.3 is 0 Å². The van der Waals surface area contributed by atoms with Crippen LogP contribution in [0, 0.1) is 5.92 Å². The first-order chi connectivity index (χ1) is 11.8. The first-order valence-corrected chi connectivity index (χ1v) is 9.19. The zero-order chi connectivity index (χ0) is 16.4. The smallest absolute Gasteiger partial charge is 0.274 e. The number of aryl methyl sites for hydroxylation is 2. The maximum Gasteiger partial charge on any atom is 0.274 e. The number of likely N-dealkylation sites (tertiary alicyclic amines) is 1. The Morgan fingerprint density at radius 1 is 1.08 bits per heavy atom. The molecule has 0 bridgehead atoms. The Morgan fingerprint density at radius 2 is 1.88 bits per heavy atom. The average molecular weight is 323 g/mol. The molecule has 1 amide bonds. The summed E-state index contributed by atoms with van der Waals surface area (Å²) in [5, 5.41) is 0. The normalized spacial score (nSPS) is 18.4. The molecule has 4 nitrogen and oxygen atoms in total. The van der Waals surface area contributed by atoms with Crippen LogP contribution >= 0.6 is 0 Å². The molecule has 0 atom stereocenters. The zero-order valence-electron chi connectivity index (χ0n) is 14.2. The maximum atomic E-state index is 12.7. The van der Waals surface area contributed by atoms with E-state index in [0.717, 1.165) is 51.1 Å². The second-order valence-corrected chi connectivity index (χ2v) is 7.12. The van der Waals surface area contributed by atoms with E-state index in [2.05, 4.69) is 39.9 Å². The first-order valence-electron chi connectivity index (χ1n) is 9.19. The Labute approximate surface area is 143 Å². The minimum atomic E-state index is 0.120. The van der Waals surface area contributed by atoms with Gasteiger partial charge in [0.15, 0.2) is 0 Å². The van der Waals surface area contributed by atoms with Crippen LogP contribution in [0.2, 0.25) is 0 Å². The SMILES string of the molecule is O=C(c1cn2c(n1)CCCC2)N1CCC(Cc2ccccc2)CC1. The van der Waals surface area contributed by atoms with Crippen LogP contribution < -0.4 is 0 Å². The molecule has 2 aliphatic rings. The number of piperidine rings is 1. The largest absolute Gasteiger partial charge is 0.337 e. The van der Waals surface area contributed by atoms with Gasteiger partial charge in [-0.3, -0.25) is 4.79 Å². The van der Waals surface area contributed by atoms with E-state index in [9.17, 15) is 4.79 Å². The number of nitrogens with zero attached hydrogens (tertiary/aromatic N) is 3. The molecule has 1 aromatic heterocycles. The fourth-order valence-corrected chi connectivity index (χ4v) is 3.97. The van der Waals surface area contributed by atoms with Gasteiger partial charge in [-0.1, -0.05) is 30.3 Å². The van der Waals surface area contributed by atoms with Gasteiger partial charge in [-0.2, -0.15) is 0 Å². The minimum absolute atomic E-state index is 0.120. The fourth-order valence-electron chi connectivity index (χ4n) is 3.97. The number of imidazole rings is 1. The van der Waals surface area contributed by atoms with Crippen LogP contribution in [0.5, 0.6) is 0 Å². The van der Waals surface area contributed by atoms with Crippen molar-refractivity contribution in [1.29, 1.82) is 0 Å². The number of benzene rings is 1. The molecule has 24 heavy (non-hydrogen) atoms. The van der Waals surface area contributed by atoms with Crippen molar-refractivity contribution < 1.29 is 4.79 Å². The van der Waals surface area contributed by atoms with E-state index in [0.29, 0.717) is 11.6 Å². The van der Waals surface area contributed by atoms with Gasteiger partial charge in [0, 0.05) is 32.3 Å². The van der Waals surface area contributed by atoms with Crippen molar-refractivity contribution in [1.82, 2.24) is 14.5 Å². The van der Waals surface area contributed by atoms with E-state index < -0.39 is 0 Å². The van der Waals surface area contributed by atoms with Gasteiger partial charge in [-0.15, -0.1) is 0 Å². The van der Waals surface area contributed by atoms with Crippen molar-refractivity contribution in [3.63, 3.8) is 0 Å². The molecule has 0 N–H and O–H groups in total. The molecule has 2 aromatic rings. The number of fused-ring (bicyclic) bond motifs is 1. The molecule has 0 unspecified atom stereocenters. The number of hydrogen-bond donors (Lipinski definition) is 0. The quantitative estimate of drug-likeness (QED) is 0.869. The van der Waals surface area contributed by atoms with Crippen molar-refractivity contribution in [2.45, 2.75) is 45.1 Å². The third-order valence-corrected chi connectivity index (χ3v) is 5.40. The summed E-state index contributed by atoms with van der Waals surface area (Å²) in [5.41, 5.74) is 2.05. The molecule has 1 fully saturated rings. The summed E-state index contributed by atoms with van der Waals surface area (Å²) in [5.74, 6) is 1.89. The standard InChI is InChI=1S/C20H25N3O/c24-20(18-15-23-11-5-4-8-19(23)21-18)22-12-9-17(10-13-22)14-16-6-2-1-3-7-16/h1-3,6-7,15,17H,4-5,8-14H2. The van der Waals surface area contributed by atoms with E-state index in [1.807, 2.05) is 11.1 Å². The summed E-state index contributed by atoms with van der Waals surface area (Å²) in [6.07, 6.45) is 8.67. The predicted octanol–water partition coefficient (Wildman–Crippen LogP) is 3.31. The van der Waals surface area contributed by atoms with E-state index in [1.54, 1.807) is 0 Å². The lowest BCUT2D eigenvalue weighted by atomic mass is 9.90. The lowest BCUT2D eigenvalue weighted by Crippen LogP contribution is -2.39. The van der Waals surface area contributed by atoms with Gasteiger partial charge in [0.1, 0.15) is 11.5 Å². The van der Waals surface area contributed by atoms with E-state index >= 15 is 0 Å². The summed E-state index contributed by atoms with van der Waals surface area (Å²) < 4.78 is 2.17. The maximum absolute atomic E-state index is 12.7. The summed E-state index contributed by atoms with van der Waals surface area (Å²) in [4.78, 5) is 19.3. The van der Waals surface area contributed by atoms with Crippen LogP contribution in [-0.4, -0.2) is 33.4 Å². The second-order valence-electron chi connectivity index (χ2n) is 7.12. The molecule has 0 spiro atoms. The van der Waals surface area contributed by atoms with Gasteiger partial charge in [0.05, 0.1) is 0 Å². The third kappa shape index (κ3) is 3.23. The molecule has 0 saturated carbocycles. The Bertz CT molecular complexity index is 675. The van der Waals surface area contributed by atoms with E-state index in [-0.39, 0.29) is 5.91 Å². The average Bonchev–Trinajstić information content (AvgIpc) is 3.07. The fraction of sp³-hybridized carbons (Fsp3) is 0.500. The second kappa shape index (κ2) is 6.80. The summed E-state index contributed by atoms with van der Waals surface area (Å²) in [6, 6.07) is 10.7. The van der Waals surface area contributed by atoms with Crippen molar-refractivity contribution in [2.24, 2.45) is 5.92 Å². The molecule has 3 heterocycles. The van der Waals surface area contributed by atoms with Gasteiger partial charge in [0.25, 0.3) is 5.91 Å². The molecule has 0 aliphatic carbocycles. The molecular formula is C20H25N3O. The Hall–Kier alpha value is -2.10. The molecule has 4 rings (SSSR count). The first kappa shape index (κ1) is 15.4. The van der Waals surface area contributed by atoms with Crippen molar-refractivity contribution in [2.75, 3.05) is 13.1 Å². The summed E-state index contributed by atoms with van der Waals surface area (Å²) in [6.45, 7) is 2.73. The Kier molecular flexibility index (Phi) is 4.37. The van der Waals surface area contributed by atoms with Crippen LogP contribution in [0.3, 0.4) is 0 Å². The molecule has 4 heteroatoms. The number of carbonyl (C=O) groups excluding carboxylic acids is 1.